The molecule has 0 aliphatic heterocycles. The highest BCUT2D eigenvalue weighted by molar-refractivity contribution is 6.06. The van der Waals surface area contributed by atoms with Crippen molar-refractivity contribution in [2.75, 3.05) is 0 Å². The highest BCUT2D eigenvalue weighted by Gasteiger charge is 2.07. The largest absolute Gasteiger partial charge is 0.461 e. The summed E-state index contributed by atoms with van der Waals surface area (Å²) in [5, 5.41) is 0.910. The third-order valence-electron chi connectivity index (χ3n) is 2.06. The Balaban J connectivity index is 2.82. The van der Waals surface area contributed by atoms with Crippen molar-refractivity contribution in [2.24, 2.45) is 0 Å². The van der Waals surface area contributed by atoms with Crippen LogP contribution >= 0.6 is 0 Å². The molecular formula is C11H10O2. The first-order chi connectivity index (χ1) is 6.18. The second kappa shape index (κ2) is 2.73. The molecule has 1 heterocycles. The SMILES string of the molecule is CC(=O)c1cccc2oc(C)cc12. The van der Waals surface area contributed by atoms with E-state index < -0.39 is 0 Å². The second-order valence-electron chi connectivity index (χ2n) is 3.13. The topological polar surface area (TPSA) is 30.2 Å². The smallest absolute Gasteiger partial charge is 0.160 e. The summed E-state index contributed by atoms with van der Waals surface area (Å²) in [7, 11) is 0. The fraction of sp³-hybridized carbons (Fsp3) is 0.182. The van der Waals surface area contributed by atoms with E-state index >= 15 is 0 Å². The summed E-state index contributed by atoms with van der Waals surface area (Å²) in [4.78, 5) is 11.2. The summed E-state index contributed by atoms with van der Waals surface area (Å²) in [6, 6.07) is 7.42. The van der Waals surface area contributed by atoms with Crippen molar-refractivity contribution in [3.63, 3.8) is 0 Å². The molecule has 0 aliphatic rings. The monoisotopic (exact) mass is 174 g/mol. The molecule has 13 heavy (non-hydrogen) atoms. The Morgan fingerprint density at radius 1 is 1.38 bits per heavy atom. The minimum Gasteiger partial charge on any atom is -0.461 e. The molecule has 0 spiro atoms. The van der Waals surface area contributed by atoms with Gasteiger partial charge in [0.2, 0.25) is 0 Å². The average molecular weight is 174 g/mol. The van der Waals surface area contributed by atoms with Gasteiger partial charge in [-0.15, -0.1) is 0 Å². The van der Waals surface area contributed by atoms with Gasteiger partial charge in [-0.1, -0.05) is 12.1 Å². The molecule has 0 aliphatic carbocycles. The predicted molar refractivity (Wildman–Crippen MR) is 51.0 cm³/mol. The maximum Gasteiger partial charge on any atom is 0.160 e. The maximum atomic E-state index is 11.2. The standard InChI is InChI=1S/C11H10O2/c1-7-6-10-9(8(2)12)4-3-5-11(10)13-7/h3-6H,1-2H3. The number of aryl methyl sites for hydroxylation is 1. The van der Waals surface area contributed by atoms with Gasteiger partial charge in [0.1, 0.15) is 11.3 Å². The molecule has 0 unspecified atom stereocenters. The van der Waals surface area contributed by atoms with Crippen LogP contribution in [-0.2, 0) is 0 Å². The molecular weight excluding hydrogens is 164 g/mol. The Hall–Kier alpha value is -1.57. The number of fused-ring (bicyclic) bond motifs is 1. The first-order valence-electron chi connectivity index (χ1n) is 4.18. The zero-order valence-corrected chi connectivity index (χ0v) is 7.63. The molecule has 1 aromatic heterocycles. The van der Waals surface area contributed by atoms with E-state index in [1.165, 1.54) is 0 Å². The van der Waals surface area contributed by atoms with Gasteiger partial charge >= 0.3 is 0 Å². The molecule has 0 fully saturated rings. The van der Waals surface area contributed by atoms with Crippen LogP contribution in [0.5, 0.6) is 0 Å². The maximum absolute atomic E-state index is 11.2. The molecule has 2 rings (SSSR count). The molecule has 0 atom stereocenters. The molecule has 2 heteroatoms. The van der Waals surface area contributed by atoms with Crippen LogP contribution in [0.3, 0.4) is 0 Å². The van der Waals surface area contributed by atoms with Crippen LogP contribution in [0.15, 0.2) is 28.7 Å². The van der Waals surface area contributed by atoms with Gasteiger partial charge in [0.15, 0.2) is 5.78 Å². The minimum atomic E-state index is 0.0754. The van der Waals surface area contributed by atoms with Crippen LogP contribution < -0.4 is 0 Å². The Morgan fingerprint density at radius 3 is 2.85 bits per heavy atom. The first kappa shape index (κ1) is 8.05. The number of furan rings is 1. The fourth-order valence-electron chi connectivity index (χ4n) is 1.50. The molecule has 1 aromatic carbocycles. The fourth-order valence-corrected chi connectivity index (χ4v) is 1.50. The number of carbonyl (C=O) groups excluding carboxylic acids is 1. The van der Waals surface area contributed by atoms with Crippen LogP contribution in [0.4, 0.5) is 0 Å². The van der Waals surface area contributed by atoms with Gasteiger partial charge < -0.3 is 4.42 Å². The summed E-state index contributed by atoms with van der Waals surface area (Å²) in [5.41, 5.74) is 1.51. The van der Waals surface area contributed by atoms with Gasteiger partial charge in [0, 0.05) is 10.9 Å². The zero-order chi connectivity index (χ0) is 9.42. The first-order valence-corrected chi connectivity index (χ1v) is 4.18. The van der Waals surface area contributed by atoms with E-state index in [4.69, 9.17) is 4.42 Å². The van der Waals surface area contributed by atoms with Gasteiger partial charge in [-0.05, 0) is 26.0 Å². The summed E-state index contributed by atoms with van der Waals surface area (Å²) < 4.78 is 5.41. The summed E-state index contributed by atoms with van der Waals surface area (Å²) in [6.07, 6.45) is 0. The minimum absolute atomic E-state index is 0.0754. The lowest BCUT2D eigenvalue weighted by Gasteiger charge is -1.94. The third-order valence-corrected chi connectivity index (χ3v) is 2.06. The number of hydrogen-bond acceptors (Lipinski definition) is 2. The van der Waals surface area contributed by atoms with E-state index in [0.717, 1.165) is 22.3 Å². The lowest BCUT2D eigenvalue weighted by molar-refractivity contribution is 0.101. The lowest BCUT2D eigenvalue weighted by atomic mass is 10.1. The van der Waals surface area contributed by atoms with E-state index in [9.17, 15) is 4.79 Å². The number of ketones is 1. The Morgan fingerprint density at radius 2 is 2.15 bits per heavy atom. The molecule has 0 saturated heterocycles. The van der Waals surface area contributed by atoms with Crippen molar-refractivity contribution < 1.29 is 9.21 Å². The van der Waals surface area contributed by atoms with Crippen molar-refractivity contribution in [3.05, 3.63) is 35.6 Å². The number of benzene rings is 1. The number of hydrogen-bond donors (Lipinski definition) is 0. The van der Waals surface area contributed by atoms with Gasteiger partial charge in [0.05, 0.1) is 0 Å². The van der Waals surface area contributed by atoms with E-state index in [0.29, 0.717) is 0 Å². The normalized spacial score (nSPS) is 10.6. The molecule has 0 bridgehead atoms. The van der Waals surface area contributed by atoms with Gasteiger partial charge in [-0.25, -0.2) is 0 Å². The van der Waals surface area contributed by atoms with E-state index in [1.54, 1.807) is 6.92 Å². The van der Waals surface area contributed by atoms with Crippen molar-refractivity contribution in [1.82, 2.24) is 0 Å². The third kappa shape index (κ3) is 1.24. The number of Topliss-reactive ketones (excluding diaryl/α,β-unsaturated/α-hetero) is 1. The molecule has 0 N–H and O–H groups in total. The van der Waals surface area contributed by atoms with Gasteiger partial charge in [0.25, 0.3) is 0 Å². The molecule has 0 amide bonds. The zero-order valence-electron chi connectivity index (χ0n) is 7.63. The van der Waals surface area contributed by atoms with Crippen molar-refractivity contribution in [2.45, 2.75) is 13.8 Å². The van der Waals surface area contributed by atoms with Crippen molar-refractivity contribution in [1.29, 1.82) is 0 Å². The van der Waals surface area contributed by atoms with Crippen LogP contribution in [-0.4, -0.2) is 5.78 Å². The van der Waals surface area contributed by atoms with Crippen LogP contribution in [0.25, 0.3) is 11.0 Å². The van der Waals surface area contributed by atoms with E-state index in [-0.39, 0.29) is 5.78 Å². The number of carbonyl (C=O) groups is 1. The molecule has 66 valence electrons. The van der Waals surface area contributed by atoms with Gasteiger partial charge in [-0.2, -0.15) is 0 Å². The van der Waals surface area contributed by atoms with Crippen molar-refractivity contribution >= 4 is 16.8 Å². The molecule has 0 saturated carbocycles. The van der Waals surface area contributed by atoms with Crippen LogP contribution in [0, 0.1) is 6.92 Å². The van der Waals surface area contributed by atoms with Crippen LogP contribution in [0.2, 0.25) is 0 Å². The quantitative estimate of drug-likeness (QED) is 0.622. The second-order valence-corrected chi connectivity index (χ2v) is 3.13. The number of rotatable bonds is 1. The van der Waals surface area contributed by atoms with Crippen molar-refractivity contribution in [3.8, 4) is 0 Å². The average Bonchev–Trinajstić information content (AvgIpc) is 2.43. The van der Waals surface area contributed by atoms with E-state index in [1.807, 2.05) is 31.2 Å². The highest BCUT2D eigenvalue weighted by atomic mass is 16.3. The van der Waals surface area contributed by atoms with E-state index in [2.05, 4.69) is 0 Å². The molecule has 2 aromatic rings. The predicted octanol–water partition coefficient (Wildman–Crippen LogP) is 2.94. The van der Waals surface area contributed by atoms with Gasteiger partial charge in [-0.3, -0.25) is 4.79 Å². The molecule has 0 radical (unpaired) electrons. The summed E-state index contributed by atoms with van der Waals surface area (Å²) >= 11 is 0. The molecule has 2 nitrogen and oxygen atoms in total. The summed E-state index contributed by atoms with van der Waals surface area (Å²) in [5.74, 6) is 0.912. The Labute approximate surface area is 76.2 Å². The Kier molecular flexibility index (Phi) is 1.69. The lowest BCUT2D eigenvalue weighted by Crippen LogP contribution is -1.90. The summed E-state index contributed by atoms with van der Waals surface area (Å²) in [6.45, 7) is 3.45. The van der Waals surface area contributed by atoms with Crippen LogP contribution in [0.1, 0.15) is 23.0 Å². The Bertz CT molecular complexity index is 466. The highest BCUT2D eigenvalue weighted by Crippen LogP contribution is 2.22.